The first-order valence-corrected chi connectivity index (χ1v) is 7.73. The van der Waals surface area contributed by atoms with Crippen LogP contribution in [0.2, 0.25) is 0 Å². The molecule has 0 aliphatic heterocycles. The number of hydrogen-bond acceptors (Lipinski definition) is 3. The normalized spacial score (nSPS) is 13.6. The van der Waals surface area contributed by atoms with Gasteiger partial charge >= 0.3 is 6.18 Å². The van der Waals surface area contributed by atoms with E-state index in [0.29, 0.717) is 0 Å². The number of alkyl halides is 3. The van der Waals surface area contributed by atoms with Crippen LogP contribution in [-0.2, 0) is 12.6 Å². The van der Waals surface area contributed by atoms with E-state index in [1.807, 2.05) is 30.3 Å². The van der Waals surface area contributed by atoms with Gasteiger partial charge in [-0.1, -0.05) is 42.5 Å². The fourth-order valence-corrected chi connectivity index (χ4v) is 2.48. The molecule has 0 aliphatic rings. The third-order valence-corrected chi connectivity index (χ3v) is 4.13. The Bertz CT molecular complexity index is 811. The van der Waals surface area contributed by atoms with Gasteiger partial charge in [-0.05, 0) is 30.7 Å². The van der Waals surface area contributed by atoms with Gasteiger partial charge in [-0.25, -0.2) is 0 Å². The average Bonchev–Trinajstić information content (AvgIpc) is 2.54. The van der Waals surface area contributed by atoms with Gasteiger partial charge in [0.15, 0.2) is 0 Å². The lowest BCUT2D eigenvalue weighted by Crippen LogP contribution is -2.40. The lowest BCUT2D eigenvalue weighted by molar-refractivity contribution is -0.137. The number of nitriles is 1. The summed E-state index contributed by atoms with van der Waals surface area (Å²) in [5.41, 5.74) is -2.06. The van der Waals surface area contributed by atoms with Crippen LogP contribution in [0.5, 0.6) is 0 Å². The van der Waals surface area contributed by atoms with E-state index in [9.17, 15) is 18.3 Å². The molecule has 1 atom stereocenters. The van der Waals surface area contributed by atoms with E-state index in [1.54, 1.807) is 0 Å². The van der Waals surface area contributed by atoms with Gasteiger partial charge in [0.1, 0.15) is 10.6 Å². The molecule has 2 rings (SSSR count). The Labute approximate surface area is 148 Å². The molecule has 2 aromatic carbocycles. The molecule has 2 aromatic rings. The van der Waals surface area contributed by atoms with E-state index in [4.69, 9.17) is 17.5 Å². The van der Waals surface area contributed by atoms with Gasteiger partial charge in [-0.3, -0.25) is 0 Å². The largest absolute Gasteiger partial charge is 0.417 e. The van der Waals surface area contributed by atoms with E-state index < -0.39 is 22.9 Å². The summed E-state index contributed by atoms with van der Waals surface area (Å²) in [6, 6.07) is 13.8. The summed E-state index contributed by atoms with van der Waals surface area (Å²) < 4.78 is 39.0. The topological polar surface area (TPSA) is 56.0 Å². The summed E-state index contributed by atoms with van der Waals surface area (Å²) in [5, 5.41) is 22.0. The molecule has 0 radical (unpaired) electrons. The van der Waals surface area contributed by atoms with Gasteiger partial charge in [0.05, 0.1) is 17.2 Å². The Hall–Kier alpha value is -2.43. The zero-order valence-electron chi connectivity index (χ0n) is 13.3. The van der Waals surface area contributed by atoms with Crippen LogP contribution < -0.4 is 5.32 Å². The molecule has 1 unspecified atom stereocenters. The Balaban J connectivity index is 2.21. The Kier molecular flexibility index (Phi) is 5.45. The van der Waals surface area contributed by atoms with Crippen LogP contribution >= 0.6 is 12.2 Å². The van der Waals surface area contributed by atoms with Gasteiger partial charge in [0, 0.05) is 12.1 Å². The molecule has 0 aliphatic carbocycles. The number of hydrogen-bond donors (Lipinski definition) is 2. The quantitative estimate of drug-likeness (QED) is 0.794. The number of halogens is 3. The van der Waals surface area contributed by atoms with Crippen molar-refractivity contribution in [1.82, 2.24) is 0 Å². The van der Waals surface area contributed by atoms with Gasteiger partial charge in [0.25, 0.3) is 0 Å². The van der Waals surface area contributed by atoms with E-state index in [2.05, 4.69) is 5.32 Å². The molecule has 0 aromatic heterocycles. The number of thiocarbonyl (C=S) groups is 1. The van der Waals surface area contributed by atoms with E-state index >= 15 is 0 Å². The molecule has 130 valence electrons. The Morgan fingerprint density at radius 3 is 2.40 bits per heavy atom. The molecule has 0 amide bonds. The molecule has 0 fully saturated rings. The second-order valence-electron chi connectivity index (χ2n) is 5.76. The first-order valence-electron chi connectivity index (χ1n) is 7.32. The van der Waals surface area contributed by atoms with Crippen LogP contribution in [0.1, 0.15) is 23.6 Å². The summed E-state index contributed by atoms with van der Waals surface area (Å²) in [5.74, 6) is 0. The number of anilines is 1. The van der Waals surface area contributed by atoms with Gasteiger partial charge in [-0.15, -0.1) is 0 Å². The number of rotatable bonds is 4. The lowest BCUT2D eigenvalue weighted by atomic mass is 9.96. The van der Waals surface area contributed by atoms with Crippen LogP contribution in [0.4, 0.5) is 18.9 Å². The molecular weight excluding hydrogens is 349 g/mol. The van der Waals surface area contributed by atoms with Crippen LogP contribution in [0.15, 0.2) is 48.5 Å². The van der Waals surface area contributed by atoms with E-state index in [1.165, 1.54) is 19.1 Å². The van der Waals surface area contributed by atoms with Crippen molar-refractivity contribution in [3.63, 3.8) is 0 Å². The van der Waals surface area contributed by atoms with Gasteiger partial charge in [0.2, 0.25) is 0 Å². The van der Waals surface area contributed by atoms with Crippen molar-refractivity contribution in [3.8, 4) is 6.07 Å². The molecular formula is C18H15F3N2OS. The molecule has 25 heavy (non-hydrogen) atoms. The van der Waals surface area contributed by atoms with Crippen molar-refractivity contribution < 1.29 is 18.3 Å². The molecule has 0 bridgehead atoms. The molecule has 0 saturated carbocycles. The van der Waals surface area contributed by atoms with Crippen molar-refractivity contribution in [2.24, 2.45) is 0 Å². The minimum absolute atomic E-state index is 0.00538. The highest BCUT2D eigenvalue weighted by Gasteiger charge is 2.34. The first-order chi connectivity index (χ1) is 11.6. The van der Waals surface area contributed by atoms with Crippen molar-refractivity contribution in [3.05, 3.63) is 65.2 Å². The number of nitrogens with zero attached hydrogens (tertiary/aromatic N) is 1. The summed E-state index contributed by atoms with van der Waals surface area (Å²) in [6.07, 6.45) is -4.45. The summed E-state index contributed by atoms with van der Waals surface area (Å²) >= 11 is 5.16. The minimum atomic E-state index is -4.66. The maximum atomic E-state index is 13.0. The Morgan fingerprint density at radius 1 is 1.20 bits per heavy atom. The van der Waals surface area contributed by atoms with Crippen LogP contribution in [0.3, 0.4) is 0 Å². The van der Waals surface area contributed by atoms with Crippen LogP contribution in [0, 0.1) is 11.3 Å². The van der Waals surface area contributed by atoms with Gasteiger partial charge in [-0.2, -0.15) is 18.4 Å². The number of benzene rings is 2. The molecule has 0 heterocycles. The maximum Gasteiger partial charge on any atom is 0.417 e. The lowest BCUT2D eigenvalue weighted by Gasteiger charge is -2.25. The maximum absolute atomic E-state index is 13.0. The fourth-order valence-electron chi connectivity index (χ4n) is 2.29. The molecule has 7 heteroatoms. The fraction of sp³-hybridized carbons (Fsp3) is 0.222. The molecule has 3 nitrogen and oxygen atoms in total. The molecule has 0 spiro atoms. The van der Waals surface area contributed by atoms with Gasteiger partial charge < -0.3 is 10.4 Å². The highest BCUT2D eigenvalue weighted by molar-refractivity contribution is 7.80. The summed E-state index contributed by atoms with van der Waals surface area (Å²) in [6.45, 7) is 1.49. The summed E-state index contributed by atoms with van der Waals surface area (Å²) in [7, 11) is 0. The number of aliphatic hydroxyl groups is 1. The van der Waals surface area contributed by atoms with E-state index in [0.717, 1.165) is 17.7 Å². The SMILES string of the molecule is CC(O)(Cc1ccccc1)C(=S)Nc1ccc(C#N)c(C(F)(F)F)c1. The molecule has 2 N–H and O–H groups in total. The van der Waals surface area contributed by atoms with Crippen molar-refractivity contribution in [1.29, 1.82) is 5.26 Å². The third kappa shape index (κ3) is 4.78. The van der Waals surface area contributed by atoms with Crippen molar-refractivity contribution >= 4 is 22.9 Å². The smallest absolute Gasteiger partial charge is 0.383 e. The average molecular weight is 364 g/mol. The highest BCUT2D eigenvalue weighted by Crippen LogP contribution is 2.33. The van der Waals surface area contributed by atoms with Crippen molar-refractivity contribution in [2.75, 3.05) is 5.32 Å². The number of nitrogens with one attached hydrogen (secondary N) is 1. The second-order valence-corrected chi connectivity index (χ2v) is 6.17. The standard InChI is InChI=1S/C18H15F3N2OS/c1-17(24,10-12-5-3-2-4-6-12)16(25)23-14-8-7-13(11-22)15(9-14)18(19,20)21/h2-9,24H,10H2,1H3,(H,23,25). The summed E-state index contributed by atoms with van der Waals surface area (Å²) in [4.78, 5) is -0.00538. The zero-order valence-corrected chi connectivity index (χ0v) is 14.1. The van der Waals surface area contributed by atoms with Crippen LogP contribution in [0.25, 0.3) is 0 Å². The first kappa shape index (κ1) is 18.9. The second kappa shape index (κ2) is 7.21. The Morgan fingerprint density at radius 2 is 1.84 bits per heavy atom. The third-order valence-electron chi connectivity index (χ3n) is 3.58. The van der Waals surface area contributed by atoms with Crippen molar-refractivity contribution in [2.45, 2.75) is 25.1 Å². The predicted molar refractivity (Wildman–Crippen MR) is 93.1 cm³/mol. The van der Waals surface area contributed by atoms with Crippen LogP contribution in [-0.4, -0.2) is 15.7 Å². The zero-order chi connectivity index (χ0) is 18.7. The molecule has 0 saturated heterocycles. The highest BCUT2D eigenvalue weighted by atomic mass is 32.1. The monoisotopic (exact) mass is 364 g/mol. The minimum Gasteiger partial charge on any atom is -0.383 e. The van der Waals surface area contributed by atoms with E-state index in [-0.39, 0.29) is 17.1 Å². The predicted octanol–water partition coefficient (Wildman–Crippen LogP) is 4.31.